The second kappa shape index (κ2) is 3.35. The monoisotopic (exact) mass is 227 g/mol. The number of rotatable bonds is 2. The van der Waals surface area contributed by atoms with Crippen LogP contribution in [0.1, 0.15) is 17.2 Å². The molecule has 2 heterocycles. The van der Waals surface area contributed by atoms with Crippen molar-refractivity contribution in [1.82, 2.24) is 10.3 Å². The van der Waals surface area contributed by atoms with E-state index in [1.54, 1.807) is 6.20 Å². The fraction of sp³-hybridized carbons (Fsp3) is 0.143. The van der Waals surface area contributed by atoms with Crippen LogP contribution in [0.5, 0.6) is 0 Å². The SMILES string of the molecule is NC(=N[N+](=O)[O-])NC1c2cnc(Cl)c1c2. The largest absolute Gasteiger partial charge is 0.365 e. The minimum atomic E-state index is -0.866. The molecule has 1 aliphatic carbocycles. The van der Waals surface area contributed by atoms with E-state index in [-0.39, 0.29) is 12.0 Å². The van der Waals surface area contributed by atoms with Crippen molar-refractivity contribution < 1.29 is 5.03 Å². The molecule has 8 heteroatoms. The third-order valence-electron chi connectivity index (χ3n) is 2.01. The molecule has 0 saturated heterocycles. The number of aromatic nitrogens is 1. The van der Waals surface area contributed by atoms with Crippen LogP contribution >= 0.6 is 11.6 Å². The molecule has 78 valence electrons. The first-order valence-corrected chi connectivity index (χ1v) is 4.36. The fourth-order valence-electron chi connectivity index (χ4n) is 1.35. The number of halogens is 1. The van der Waals surface area contributed by atoms with Gasteiger partial charge in [-0.3, -0.25) is 0 Å². The summed E-state index contributed by atoms with van der Waals surface area (Å²) >= 11 is 5.77. The van der Waals surface area contributed by atoms with Gasteiger partial charge in [-0.15, -0.1) is 0 Å². The molecule has 1 aliphatic heterocycles. The normalized spacial score (nSPS) is 18.2. The molecule has 1 unspecified atom stereocenters. The predicted molar refractivity (Wildman–Crippen MR) is 52.8 cm³/mol. The number of hydrazone groups is 1. The van der Waals surface area contributed by atoms with Gasteiger partial charge in [-0.2, -0.15) is 0 Å². The van der Waals surface area contributed by atoms with Gasteiger partial charge in [0.15, 0.2) is 5.03 Å². The van der Waals surface area contributed by atoms with E-state index in [0.29, 0.717) is 5.15 Å². The molecule has 0 fully saturated rings. The summed E-state index contributed by atoms with van der Waals surface area (Å²) in [6.45, 7) is 0. The molecule has 1 aromatic rings. The highest BCUT2D eigenvalue weighted by Gasteiger charge is 2.28. The zero-order valence-electron chi connectivity index (χ0n) is 7.35. The summed E-state index contributed by atoms with van der Waals surface area (Å²) in [7, 11) is 0. The summed E-state index contributed by atoms with van der Waals surface area (Å²) in [5.41, 5.74) is 6.92. The first kappa shape index (κ1) is 9.66. The molecule has 0 saturated carbocycles. The standard InChI is InChI=1S/C7H6ClN5O2/c8-6-4-1-3(2-10-6)5(4)11-7(9)12-13(14)15/h1-2,5H,(H3,9,11,12). The Kier molecular flexibility index (Phi) is 2.16. The lowest BCUT2D eigenvalue weighted by Gasteiger charge is -2.27. The molecule has 0 spiro atoms. The minimum absolute atomic E-state index is 0.237. The third kappa shape index (κ3) is 1.68. The Labute approximate surface area is 89.1 Å². The number of nitro groups is 1. The zero-order chi connectivity index (χ0) is 11.0. The van der Waals surface area contributed by atoms with Crippen molar-refractivity contribution in [2.24, 2.45) is 10.8 Å². The highest BCUT2D eigenvalue weighted by molar-refractivity contribution is 6.30. The molecule has 0 aromatic carbocycles. The van der Waals surface area contributed by atoms with Crippen molar-refractivity contribution in [3.05, 3.63) is 38.7 Å². The van der Waals surface area contributed by atoms with E-state index in [0.717, 1.165) is 11.1 Å². The molecular formula is C7H6ClN5O2. The maximum absolute atomic E-state index is 10.0. The average Bonchev–Trinajstić information content (AvgIpc) is 2.12. The summed E-state index contributed by atoms with van der Waals surface area (Å²) in [6.07, 6.45) is 1.58. The Morgan fingerprint density at radius 3 is 3.07 bits per heavy atom. The van der Waals surface area contributed by atoms with E-state index in [4.69, 9.17) is 17.3 Å². The maximum Gasteiger partial charge on any atom is 0.266 e. The maximum atomic E-state index is 10.0. The van der Waals surface area contributed by atoms with Gasteiger partial charge in [0.25, 0.3) is 5.96 Å². The number of hydrogen-bond donors (Lipinski definition) is 2. The van der Waals surface area contributed by atoms with Gasteiger partial charge in [0, 0.05) is 11.8 Å². The van der Waals surface area contributed by atoms with Crippen molar-refractivity contribution in [3.63, 3.8) is 0 Å². The van der Waals surface area contributed by atoms with Gasteiger partial charge in [0.1, 0.15) is 10.3 Å². The first-order valence-electron chi connectivity index (χ1n) is 3.98. The summed E-state index contributed by atoms with van der Waals surface area (Å²) in [6, 6.07) is 1.59. The molecule has 1 aromatic heterocycles. The van der Waals surface area contributed by atoms with E-state index in [2.05, 4.69) is 15.4 Å². The Morgan fingerprint density at radius 2 is 2.53 bits per heavy atom. The highest BCUT2D eigenvalue weighted by Crippen LogP contribution is 2.36. The van der Waals surface area contributed by atoms with Crippen molar-refractivity contribution in [2.75, 3.05) is 0 Å². The highest BCUT2D eigenvalue weighted by atomic mass is 35.5. The van der Waals surface area contributed by atoms with Crippen LogP contribution in [0.25, 0.3) is 0 Å². The number of pyridine rings is 1. The van der Waals surface area contributed by atoms with Gasteiger partial charge in [-0.25, -0.2) is 15.1 Å². The van der Waals surface area contributed by atoms with Crippen molar-refractivity contribution in [1.29, 1.82) is 0 Å². The van der Waals surface area contributed by atoms with E-state index in [9.17, 15) is 10.1 Å². The van der Waals surface area contributed by atoms with E-state index >= 15 is 0 Å². The molecule has 2 aliphatic rings. The number of guanidine groups is 1. The number of nitrogens with two attached hydrogens (primary N) is 1. The molecule has 3 rings (SSSR count). The number of hydrogen-bond acceptors (Lipinski definition) is 3. The fourth-order valence-corrected chi connectivity index (χ4v) is 1.56. The second-order valence-electron chi connectivity index (χ2n) is 2.95. The molecule has 15 heavy (non-hydrogen) atoms. The summed E-state index contributed by atoms with van der Waals surface area (Å²) in [5.74, 6) is -0.257. The van der Waals surface area contributed by atoms with Gasteiger partial charge < -0.3 is 11.1 Å². The lowest BCUT2D eigenvalue weighted by Crippen LogP contribution is -2.39. The molecular weight excluding hydrogens is 222 g/mol. The van der Waals surface area contributed by atoms with Crippen LogP contribution in [0.4, 0.5) is 0 Å². The molecule has 0 amide bonds. The van der Waals surface area contributed by atoms with Gasteiger partial charge in [-0.1, -0.05) is 11.6 Å². The van der Waals surface area contributed by atoms with Crippen LogP contribution in [0.2, 0.25) is 5.15 Å². The Balaban J connectivity index is 2.11. The number of nitrogens with one attached hydrogen (secondary N) is 1. The lowest BCUT2D eigenvalue weighted by molar-refractivity contribution is -0.485. The Bertz CT molecular complexity index is 457. The Hall–Kier alpha value is -1.89. The first-order chi connectivity index (χ1) is 7.08. The zero-order valence-corrected chi connectivity index (χ0v) is 8.10. The number of fused-ring (bicyclic) bond motifs is 2. The summed E-state index contributed by atoms with van der Waals surface area (Å²) in [4.78, 5) is 13.9. The van der Waals surface area contributed by atoms with Crippen LogP contribution in [-0.4, -0.2) is 16.0 Å². The van der Waals surface area contributed by atoms with Crippen LogP contribution in [0.3, 0.4) is 0 Å². The van der Waals surface area contributed by atoms with Crippen molar-refractivity contribution in [3.8, 4) is 0 Å². The molecule has 0 radical (unpaired) electrons. The molecule has 3 N–H and O–H groups in total. The summed E-state index contributed by atoms with van der Waals surface area (Å²) < 4.78 is 0. The third-order valence-corrected chi connectivity index (χ3v) is 2.33. The van der Waals surface area contributed by atoms with Crippen LogP contribution < -0.4 is 11.1 Å². The molecule has 7 nitrogen and oxygen atoms in total. The van der Waals surface area contributed by atoms with Crippen molar-refractivity contribution >= 4 is 17.6 Å². The van der Waals surface area contributed by atoms with E-state index in [1.165, 1.54) is 0 Å². The lowest BCUT2D eigenvalue weighted by atomic mass is 9.90. The predicted octanol–water partition coefficient (Wildman–Crippen LogP) is 0.234. The van der Waals surface area contributed by atoms with Crippen LogP contribution in [-0.2, 0) is 0 Å². The summed E-state index contributed by atoms with van der Waals surface area (Å²) in [5, 5.41) is 15.1. The van der Waals surface area contributed by atoms with Gasteiger partial charge in [0.05, 0.1) is 6.04 Å². The van der Waals surface area contributed by atoms with Gasteiger partial charge >= 0.3 is 0 Å². The van der Waals surface area contributed by atoms with E-state index < -0.39 is 5.03 Å². The second-order valence-corrected chi connectivity index (χ2v) is 3.31. The van der Waals surface area contributed by atoms with Crippen LogP contribution in [0.15, 0.2) is 17.4 Å². The van der Waals surface area contributed by atoms with Crippen molar-refractivity contribution in [2.45, 2.75) is 6.04 Å². The van der Waals surface area contributed by atoms with Crippen LogP contribution in [0, 0.1) is 10.1 Å². The van der Waals surface area contributed by atoms with E-state index in [1.807, 2.05) is 6.07 Å². The smallest absolute Gasteiger partial charge is 0.266 e. The Morgan fingerprint density at radius 1 is 1.80 bits per heavy atom. The van der Waals surface area contributed by atoms with Gasteiger partial charge in [0.2, 0.25) is 0 Å². The molecule has 1 atom stereocenters. The number of nitrogens with zero attached hydrogens (tertiary/aromatic N) is 3. The minimum Gasteiger partial charge on any atom is -0.365 e. The average molecular weight is 228 g/mol. The topological polar surface area (TPSA) is 106 Å². The van der Waals surface area contributed by atoms with Gasteiger partial charge in [-0.05, 0) is 11.6 Å². The quantitative estimate of drug-likeness (QED) is 0.247. The molecule has 2 bridgehead atoms.